The zero-order chi connectivity index (χ0) is 20.9. The molecular formula is C23H24FN3O3. The van der Waals surface area contributed by atoms with Crippen LogP contribution >= 0.6 is 0 Å². The maximum Gasteiger partial charge on any atom is 0.227 e. The van der Waals surface area contributed by atoms with Gasteiger partial charge in [0, 0.05) is 19.5 Å². The number of halogens is 1. The molecule has 7 heteroatoms. The van der Waals surface area contributed by atoms with Gasteiger partial charge >= 0.3 is 0 Å². The van der Waals surface area contributed by atoms with E-state index in [1.54, 1.807) is 25.3 Å². The number of ether oxygens (including phenoxy) is 1. The van der Waals surface area contributed by atoms with Gasteiger partial charge in [0.15, 0.2) is 0 Å². The molecular weight excluding hydrogens is 385 g/mol. The molecule has 1 aromatic heterocycles. The average molecular weight is 409 g/mol. The van der Waals surface area contributed by atoms with Crippen LogP contribution in [0.2, 0.25) is 0 Å². The summed E-state index contributed by atoms with van der Waals surface area (Å²) in [6, 6.07) is 13.9. The summed E-state index contributed by atoms with van der Waals surface area (Å²) >= 11 is 0. The minimum absolute atomic E-state index is 0.102. The number of likely N-dealkylation sites (tertiary alicyclic amines) is 1. The lowest BCUT2D eigenvalue weighted by molar-refractivity contribution is -0.132. The topological polar surface area (TPSA) is 68.5 Å². The number of methoxy groups -OCH3 is 1. The summed E-state index contributed by atoms with van der Waals surface area (Å²) in [6.45, 7) is 1.41. The standard InChI is InChI=1S/C23H24FN3O3/c1-29-18-8-4-6-16(12-18)14-22(28)27-11-5-7-17(15-27)13-21-25-23(26-30-21)19-9-2-3-10-20(19)24/h2-4,6,8-10,12,17H,5,7,11,13-15H2,1H3. The van der Waals surface area contributed by atoms with Gasteiger partial charge in [-0.15, -0.1) is 0 Å². The van der Waals surface area contributed by atoms with Crippen LogP contribution in [-0.4, -0.2) is 41.1 Å². The number of piperidine rings is 1. The van der Waals surface area contributed by atoms with Crippen molar-refractivity contribution in [3.63, 3.8) is 0 Å². The number of benzene rings is 2. The molecule has 4 rings (SSSR count). The fraction of sp³-hybridized carbons (Fsp3) is 0.348. The lowest BCUT2D eigenvalue weighted by atomic mass is 9.94. The Morgan fingerprint density at radius 3 is 2.97 bits per heavy atom. The van der Waals surface area contributed by atoms with Gasteiger partial charge in [-0.25, -0.2) is 4.39 Å². The Bertz CT molecular complexity index is 1020. The van der Waals surface area contributed by atoms with E-state index in [1.807, 2.05) is 29.2 Å². The molecule has 1 unspecified atom stereocenters. The largest absolute Gasteiger partial charge is 0.497 e. The van der Waals surface area contributed by atoms with Crippen LogP contribution in [0.15, 0.2) is 53.1 Å². The lowest BCUT2D eigenvalue weighted by Crippen LogP contribution is -2.41. The van der Waals surface area contributed by atoms with Gasteiger partial charge in [0.05, 0.1) is 19.1 Å². The van der Waals surface area contributed by atoms with Crippen molar-refractivity contribution in [3.05, 3.63) is 65.8 Å². The zero-order valence-electron chi connectivity index (χ0n) is 16.9. The fourth-order valence-electron chi connectivity index (χ4n) is 3.86. The molecule has 1 aliphatic rings. The van der Waals surface area contributed by atoms with Gasteiger partial charge in [0.25, 0.3) is 0 Å². The second-order valence-electron chi connectivity index (χ2n) is 7.57. The molecule has 2 aromatic carbocycles. The number of hydrogen-bond donors (Lipinski definition) is 0. The van der Waals surface area contributed by atoms with E-state index in [-0.39, 0.29) is 23.5 Å². The number of nitrogens with zero attached hydrogens (tertiary/aromatic N) is 3. The summed E-state index contributed by atoms with van der Waals surface area (Å²) < 4.78 is 24.5. The molecule has 1 fully saturated rings. The first kappa shape index (κ1) is 20.1. The molecule has 0 saturated carbocycles. The molecule has 1 aliphatic heterocycles. The third-order valence-corrected chi connectivity index (χ3v) is 5.41. The molecule has 3 aromatic rings. The molecule has 0 N–H and O–H groups in total. The van der Waals surface area contributed by atoms with E-state index in [1.165, 1.54) is 6.07 Å². The Kier molecular flexibility index (Phi) is 6.07. The summed E-state index contributed by atoms with van der Waals surface area (Å²) in [7, 11) is 1.62. The minimum atomic E-state index is -0.378. The highest BCUT2D eigenvalue weighted by molar-refractivity contribution is 5.79. The van der Waals surface area contributed by atoms with Crippen molar-refractivity contribution in [1.29, 1.82) is 0 Å². The maximum atomic E-state index is 13.9. The van der Waals surface area contributed by atoms with Crippen LogP contribution in [0.25, 0.3) is 11.4 Å². The summed E-state index contributed by atoms with van der Waals surface area (Å²) in [6.07, 6.45) is 2.84. The van der Waals surface area contributed by atoms with Crippen molar-refractivity contribution in [2.24, 2.45) is 5.92 Å². The molecule has 2 heterocycles. The first-order valence-electron chi connectivity index (χ1n) is 10.1. The van der Waals surface area contributed by atoms with Crippen molar-refractivity contribution < 1.29 is 18.4 Å². The van der Waals surface area contributed by atoms with Crippen LogP contribution in [-0.2, 0) is 17.6 Å². The number of amides is 1. The highest BCUT2D eigenvalue weighted by atomic mass is 19.1. The smallest absolute Gasteiger partial charge is 0.227 e. The highest BCUT2D eigenvalue weighted by Crippen LogP contribution is 2.24. The number of hydrogen-bond acceptors (Lipinski definition) is 5. The van der Waals surface area contributed by atoms with Gasteiger partial charge in [0.2, 0.25) is 17.6 Å². The van der Waals surface area contributed by atoms with Gasteiger partial charge < -0.3 is 14.2 Å². The summed E-state index contributed by atoms with van der Waals surface area (Å²) in [4.78, 5) is 19.0. The molecule has 0 spiro atoms. The normalized spacial score (nSPS) is 16.5. The molecule has 6 nitrogen and oxygen atoms in total. The third kappa shape index (κ3) is 4.67. The second kappa shape index (κ2) is 9.07. The Morgan fingerprint density at radius 2 is 2.13 bits per heavy atom. The van der Waals surface area contributed by atoms with Crippen LogP contribution < -0.4 is 4.74 Å². The van der Waals surface area contributed by atoms with E-state index in [4.69, 9.17) is 9.26 Å². The van der Waals surface area contributed by atoms with E-state index in [9.17, 15) is 9.18 Å². The zero-order valence-corrected chi connectivity index (χ0v) is 16.9. The van der Waals surface area contributed by atoms with Crippen molar-refractivity contribution in [2.75, 3.05) is 20.2 Å². The first-order chi connectivity index (χ1) is 14.6. The van der Waals surface area contributed by atoms with Gasteiger partial charge in [0.1, 0.15) is 11.6 Å². The summed E-state index contributed by atoms with van der Waals surface area (Å²) in [5.41, 5.74) is 1.26. The quantitative estimate of drug-likeness (QED) is 0.618. The Hall–Kier alpha value is -3.22. The summed E-state index contributed by atoms with van der Waals surface area (Å²) in [5, 5.41) is 3.92. The van der Waals surface area contributed by atoms with Crippen molar-refractivity contribution in [1.82, 2.24) is 15.0 Å². The second-order valence-corrected chi connectivity index (χ2v) is 7.57. The Labute approximate surface area is 174 Å². The van der Waals surface area contributed by atoms with Crippen molar-refractivity contribution >= 4 is 5.91 Å². The molecule has 1 saturated heterocycles. The highest BCUT2D eigenvalue weighted by Gasteiger charge is 2.26. The summed E-state index contributed by atoms with van der Waals surface area (Å²) in [5.74, 6) is 1.44. The molecule has 0 bridgehead atoms. The van der Waals surface area contributed by atoms with Crippen LogP contribution in [0.5, 0.6) is 5.75 Å². The lowest BCUT2D eigenvalue weighted by Gasteiger charge is -2.32. The predicted molar refractivity (Wildman–Crippen MR) is 109 cm³/mol. The Balaban J connectivity index is 1.37. The van der Waals surface area contributed by atoms with Crippen LogP contribution in [0, 0.1) is 11.7 Å². The maximum absolute atomic E-state index is 13.9. The van der Waals surface area contributed by atoms with Crippen molar-refractivity contribution in [3.8, 4) is 17.1 Å². The fourth-order valence-corrected chi connectivity index (χ4v) is 3.86. The van der Waals surface area contributed by atoms with Crippen LogP contribution in [0.1, 0.15) is 24.3 Å². The van der Waals surface area contributed by atoms with E-state index in [0.29, 0.717) is 30.8 Å². The molecule has 156 valence electrons. The third-order valence-electron chi connectivity index (χ3n) is 5.41. The van der Waals surface area contributed by atoms with Crippen LogP contribution in [0.3, 0.4) is 0 Å². The molecule has 1 atom stereocenters. The molecule has 30 heavy (non-hydrogen) atoms. The average Bonchev–Trinajstić information content (AvgIpc) is 3.22. The molecule has 1 amide bonds. The minimum Gasteiger partial charge on any atom is -0.497 e. The van der Waals surface area contributed by atoms with Gasteiger partial charge in [-0.05, 0) is 48.6 Å². The van der Waals surface area contributed by atoms with Crippen LogP contribution in [0.4, 0.5) is 4.39 Å². The van der Waals surface area contributed by atoms with E-state index >= 15 is 0 Å². The molecule has 0 aliphatic carbocycles. The number of rotatable bonds is 6. The Morgan fingerprint density at radius 1 is 1.27 bits per heavy atom. The predicted octanol–water partition coefficient (Wildman–Crippen LogP) is 3.91. The SMILES string of the molecule is COc1cccc(CC(=O)N2CCCC(Cc3nc(-c4ccccc4F)no3)C2)c1. The van der Waals surface area contributed by atoms with E-state index in [2.05, 4.69) is 10.1 Å². The number of carbonyl (C=O) groups excluding carboxylic acids is 1. The first-order valence-corrected chi connectivity index (χ1v) is 10.1. The van der Waals surface area contributed by atoms with Gasteiger partial charge in [-0.1, -0.05) is 29.4 Å². The van der Waals surface area contributed by atoms with Crippen molar-refractivity contribution in [2.45, 2.75) is 25.7 Å². The van der Waals surface area contributed by atoms with Gasteiger partial charge in [-0.3, -0.25) is 4.79 Å². The number of aromatic nitrogens is 2. The van der Waals surface area contributed by atoms with E-state index < -0.39 is 0 Å². The van der Waals surface area contributed by atoms with E-state index in [0.717, 1.165) is 30.7 Å². The number of carbonyl (C=O) groups is 1. The monoisotopic (exact) mass is 409 g/mol. The molecule has 0 radical (unpaired) electrons. The van der Waals surface area contributed by atoms with Gasteiger partial charge in [-0.2, -0.15) is 4.98 Å².